The normalized spacial score (nSPS) is 10.3. The first-order valence-corrected chi connectivity index (χ1v) is 4.59. The Hall–Kier alpha value is -0.850. The van der Waals surface area contributed by atoms with Gasteiger partial charge >= 0.3 is 0 Å². The third-order valence-corrected chi connectivity index (χ3v) is 2.25. The highest BCUT2D eigenvalue weighted by Gasteiger charge is 2.02. The summed E-state index contributed by atoms with van der Waals surface area (Å²) in [5.41, 5.74) is 5.14. The van der Waals surface area contributed by atoms with Gasteiger partial charge < -0.3 is 0 Å². The first-order chi connectivity index (χ1) is 5.65. The van der Waals surface area contributed by atoms with Gasteiger partial charge in [0, 0.05) is 11.4 Å². The van der Waals surface area contributed by atoms with Gasteiger partial charge in [0.2, 0.25) is 0 Å². The highest BCUT2D eigenvalue weighted by molar-refractivity contribution is 5.30. The number of aromatic nitrogens is 1. The Balaban J connectivity index is 3.09. The summed E-state index contributed by atoms with van der Waals surface area (Å²) in [6, 6.07) is 2.15. The van der Waals surface area contributed by atoms with Crippen LogP contribution < -0.4 is 0 Å². The van der Waals surface area contributed by atoms with Crippen molar-refractivity contribution in [3.8, 4) is 0 Å². The predicted molar refractivity (Wildman–Crippen MR) is 52.4 cm³/mol. The zero-order chi connectivity index (χ0) is 9.14. The Bertz CT molecular complexity index is 277. The smallest absolute Gasteiger partial charge is 0.0438 e. The van der Waals surface area contributed by atoms with Crippen LogP contribution in [0.15, 0.2) is 6.07 Å². The summed E-state index contributed by atoms with van der Waals surface area (Å²) in [7, 11) is 0. The maximum Gasteiger partial charge on any atom is 0.0438 e. The lowest BCUT2D eigenvalue weighted by molar-refractivity contribution is 0.858. The molecule has 0 aromatic carbocycles. The largest absolute Gasteiger partial charge is 0.258 e. The molecule has 0 aliphatic rings. The summed E-state index contributed by atoms with van der Waals surface area (Å²) >= 11 is 0. The molecule has 66 valence electrons. The number of hydrogen-bond acceptors (Lipinski definition) is 1. The lowest BCUT2D eigenvalue weighted by Gasteiger charge is -2.07. The topological polar surface area (TPSA) is 12.9 Å². The van der Waals surface area contributed by atoms with E-state index in [1.807, 2.05) is 0 Å². The van der Waals surface area contributed by atoms with Crippen LogP contribution >= 0.6 is 0 Å². The number of aryl methyl sites for hydroxylation is 3. The fourth-order valence-electron chi connectivity index (χ4n) is 1.46. The van der Waals surface area contributed by atoms with Crippen LogP contribution in [0.1, 0.15) is 35.9 Å². The molecular weight excluding hydrogens is 146 g/mol. The molecule has 0 spiro atoms. The molecule has 0 unspecified atom stereocenters. The van der Waals surface area contributed by atoms with Crippen molar-refractivity contribution in [2.75, 3.05) is 0 Å². The molecule has 0 amide bonds. The highest BCUT2D eigenvalue weighted by Crippen LogP contribution is 2.13. The highest BCUT2D eigenvalue weighted by atomic mass is 14.7. The van der Waals surface area contributed by atoms with Crippen LogP contribution in [-0.2, 0) is 6.42 Å². The molecule has 0 N–H and O–H groups in total. The first-order valence-electron chi connectivity index (χ1n) is 4.59. The maximum atomic E-state index is 4.52. The van der Waals surface area contributed by atoms with Crippen LogP contribution in [0.3, 0.4) is 0 Å². The monoisotopic (exact) mass is 163 g/mol. The van der Waals surface area contributed by atoms with Gasteiger partial charge in [0.05, 0.1) is 0 Å². The standard InChI is InChI=1S/C11H17N/c1-5-6-11-10(4)8(2)7-9(3)12-11/h7H,5-6H2,1-4H3. The van der Waals surface area contributed by atoms with Crippen LogP contribution in [0.5, 0.6) is 0 Å². The van der Waals surface area contributed by atoms with Crippen molar-refractivity contribution in [1.82, 2.24) is 4.98 Å². The molecule has 0 fully saturated rings. The van der Waals surface area contributed by atoms with Gasteiger partial charge in [0.25, 0.3) is 0 Å². The Morgan fingerprint density at radius 1 is 1.25 bits per heavy atom. The van der Waals surface area contributed by atoms with Crippen LogP contribution in [0.25, 0.3) is 0 Å². The molecule has 0 bridgehead atoms. The quantitative estimate of drug-likeness (QED) is 0.653. The molecular formula is C11H17N. The average molecular weight is 163 g/mol. The molecule has 0 atom stereocenters. The first kappa shape index (κ1) is 9.24. The molecule has 1 heteroatoms. The van der Waals surface area contributed by atoms with Gasteiger partial charge in [-0.1, -0.05) is 13.3 Å². The van der Waals surface area contributed by atoms with Crippen LogP contribution in [0.4, 0.5) is 0 Å². The third kappa shape index (κ3) is 1.84. The lowest BCUT2D eigenvalue weighted by Crippen LogP contribution is -1.98. The average Bonchev–Trinajstić information content (AvgIpc) is 2.00. The molecule has 1 rings (SSSR count). The molecule has 0 aliphatic heterocycles. The molecule has 12 heavy (non-hydrogen) atoms. The van der Waals surface area contributed by atoms with E-state index in [0.29, 0.717) is 0 Å². The molecule has 1 heterocycles. The van der Waals surface area contributed by atoms with Crippen LogP contribution in [0.2, 0.25) is 0 Å². The summed E-state index contributed by atoms with van der Waals surface area (Å²) in [4.78, 5) is 4.52. The summed E-state index contributed by atoms with van der Waals surface area (Å²) in [5.74, 6) is 0. The minimum atomic E-state index is 1.11. The zero-order valence-electron chi connectivity index (χ0n) is 8.44. The zero-order valence-corrected chi connectivity index (χ0v) is 8.44. The van der Waals surface area contributed by atoms with Gasteiger partial charge in [0.15, 0.2) is 0 Å². The lowest BCUT2D eigenvalue weighted by atomic mass is 10.1. The van der Waals surface area contributed by atoms with E-state index < -0.39 is 0 Å². The second-order valence-corrected chi connectivity index (χ2v) is 3.40. The second-order valence-electron chi connectivity index (χ2n) is 3.40. The van der Waals surface area contributed by atoms with E-state index in [2.05, 4.69) is 38.7 Å². The minimum Gasteiger partial charge on any atom is -0.258 e. The molecule has 0 saturated carbocycles. The predicted octanol–water partition coefficient (Wildman–Crippen LogP) is 2.96. The van der Waals surface area contributed by atoms with E-state index >= 15 is 0 Å². The van der Waals surface area contributed by atoms with Crippen molar-refractivity contribution in [2.45, 2.75) is 40.5 Å². The summed E-state index contributed by atoms with van der Waals surface area (Å²) < 4.78 is 0. The Morgan fingerprint density at radius 3 is 2.50 bits per heavy atom. The number of hydrogen-bond donors (Lipinski definition) is 0. The van der Waals surface area contributed by atoms with E-state index in [0.717, 1.165) is 12.1 Å². The molecule has 0 aliphatic carbocycles. The van der Waals surface area contributed by atoms with Crippen molar-refractivity contribution in [2.24, 2.45) is 0 Å². The number of pyridine rings is 1. The summed E-state index contributed by atoms with van der Waals surface area (Å²) in [6.07, 6.45) is 2.28. The molecule has 1 nitrogen and oxygen atoms in total. The molecule has 1 aromatic rings. The minimum absolute atomic E-state index is 1.11. The molecule has 1 aromatic heterocycles. The SMILES string of the molecule is CCCc1nc(C)cc(C)c1C. The van der Waals surface area contributed by atoms with Crippen molar-refractivity contribution in [1.29, 1.82) is 0 Å². The van der Waals surface area contributed by atoms with E-state index in [1.165, 1.54) is 23.2 Å². The van der Waals surface area contributed by atoms with Gasteiger partial charge in [-0.25, -0.2) is 0 Å². The fraction of sp³-hybridized carbons (Fsp3) is 0.545. The van der Waals surface area contributed by atoms with Crippen molar-refractivity contribution in [3.05, 3.63) is 28.6 Å². The number of rotatable bonds is 2. The fourth-order valence-corrected chi connectivity index (χ4v) is 1.46. The van der Waals surface area contributed by atoms with Gasteiger partial charge in [-0.15, -0.1) is 0 Å². The van der Waals surface area contributed by atoms with E-state index in [4.69, 9.17) is 0 Å². The maximum absolute atomic E-state index is 4.52. The van der Waals surface area contributed by atoms with Crippen molar-refractivity contribution in [3.63, 3.8) is 0 Å². The van der Waals surface area contributed by atoms with E-state index in [-0.39, 0.29) is 0 Å². The molecule has 0 saturated heterocycles. The Labute approximate surface area is 74.8 Å². The summed E-state index contributed by atoms with van der Waals surface area (Å²) in [5, 5.41) is 0. The van der Waals surface area contributed by atoms with Gasteiger partial charge in [-0.3, -0.25) is 4.98 Å². The summed E-state index contributed by atoms with van der Waals surface area (Å²) in [6.45, 7) is 8.57. The van der Waals surface area contributed by atoms with Gasteiger partial charge in [-0.2, -0.15) is 0 Å². The Morgan fingerprint density at radius 2 is 1.92 bits per heavy atom. The molecule has 0 radical (unpaired) electrons. The van der Waals surface area contributed by atoms with E-state index in [1.54, 1.807) is 0 Å². The third-order valence-electron chi connectivity index (χ3n) is 2.25. The van der Waals surface area contributed by atoms with Crippen molar-refractivity contribution >= 4 is 0 Å². The van der Waals surface area contributed by atoms with E-state index in [9.17, 15) is 0 Å². The number of nitrogens with zero attached hydrogens (tertiary/aromatic N) is 1. The van der Waals surface area contributed by atoms with Gasteiger partial charge in [0.1, 0.15) is 0 Å². The van der Waals surface area contributed by atoms with Crippen LogP contribution in [0, 0.1) is 20.8 Å². The van der Waals surface area contributed by atoms with Crippen molar-refractivity contribution < 1.29 is 0 Å². The van der Waals surface area contributed by atoms with Gasteiger partial charge in [-0.05, 0) is 44.4 Å². The second kappa shape index (κ2) is 3.70. The van der Waals surface area contributed by atoms with Crippen LogP contribution in [-0.4, -0.2) is 4.98 Å². The Kier molecular flexibility index (Phi) is 2.85.